The molecule has 0 radical (unpaired) electrons. The van der Waals surface area contributed by atoms with Crippen molar-refractivity contribution in [2.45, 2.75) is 19.9 Å². The highest BCUT2D eigenvalue weighted by Crippen LogP contribution is 2.35. The molecular weight excluding hydrogens is 412 g/mol. The summed E-state index contributed by atoms with van der Waals surface area (Å²) >= 11 is 4.82. The van der Waals surface area contributed by atoms with Crippen LogP contribution in [0.25, 0.3) is 10.6 Å². The van der Waals surface area contributed by atoms with Crippen LogP contribution in [-0.4, -0.2) is 16.6 Å². The lowest BCUT2D eigenvalue weighted by atomic mass is 10.1. The number of anilines is 1. The zero-order valence-electron chi connectivity index (χ0n) is 14.4. The molecule has 0 fully saturated rings. The molecule has 132 valence electrons. The summed E-state index contributed by atoms with van der Waals surface area (Å²) in [6, 6.07) is 14.2. The third-order valence-corrected chi connectivity index (χ3v) is 5.33. The second-order valence-electron chi connectivity index (χ2n) is 5.55. The van der Waals surface area contributed by atoms with E-state index < -0.39 is 0 Å². The van der Waals surface area contributed by atoms with E-state index in [9.17, 15) is 5.26 Å². The number of nitriles is 1. The fraction of sp³-hybridized carbons (Fsp3) is 0.211. The Morgan fingerprint density at radius 1 is 1.27 bits per heavy atom. The smallest absolute Gasteiger partial charge is 0.148 e. The van der Waals surface area contributed by atoms with Crippen molar-refractivity contribution in [2.24, 2.45) is 0 Å². The third-order valence-electron chi connectivity index (χ3n) is 3.75. The summed E-state index contributed by atoms with van der Waals surface area (Å²) < 4.78 is 6.57. The number of hydrogen-bond donors (Lipinski definition) is 1. The summed E-state index contributed by atoms with van der Waals surface area (Å²) in [4.78, 5) is 10.1. The topological polar surface area (TPSA) is 70.8 Å². The van der Waals surface area contributed by atoms with Gasteiger partial charge < -0.3 is 10.1 Å². The summed E-state index contributed by atoms with van der Waals surface area (Å²) in [5.74, 6) is 1.33. The Morgan fingerprint density at radius 2 is 2.04 bits per heavy atom. The van der Waals surface area contributed by atoms with Gasteiger partial charge in [0.25, 0.3) is 0 Å². The number of benzene rings is 1. The number of halogens is 1. The monoisotopic (exact) mass is 428 g/mol. The third kappa shape index (κ3) is 4.21. The van der Waals surface area contributed by atoms with Crippen molar-refractivity contribution in [1.29, 1.82) is 5.26 Å². The molecule has 5 nitrogen and oxygen atoms in total. The quantitative estimate of drug-likeness (QED) is 0.567. The summed E-state index contributed by atoms with van der Waals surface area (Å²) in [5, 5.41) is 12.6. The van der Waals surface area contributed by atoms with E-state index in [-0.39, 0.29) is 6.04 Å². The number of ether oxygens (including phenoxy) is 1. The molecule has 1 N–H and O–H groups in total. The van der Waals surface area contributed by atoms with Crippen molar-refractivity contribution in [3.8, 4) is 22.4 Å². The van der Waals surface area contributed by atoms with Crippen molar-refractivity contribution in [3.63, 3.8) is 0 Å². The fourth-order valence-corrected chi connectivity index (χ4v) is 3.60. The Kier molecular flexibility index (Phi) is 5.86. The first-order chi connectivity index (χ1) is 12.6. The summed E-state index contributed by atoms with van der Waals surface area (Å²) in [7, 11) is 0. The largest absolute Gasteiger partial charge is 0.492 e. The predicted octanol–water partition coefficient (Wildman–Crippen LogP) is 5.41. The first-order valence-electron chi connectivity index (χ1n) is 8.12. The van der Waals surface area contributed by atoms with Crippen molar-refractivity contribution in [1.82, 2.24) is 9.97 Å². The first kappa shape index (κ1) is 18.4. The van der Waals surface area contributed by atoms with Crippen LogP contribution in [0, 0.1) is 11.3 Å². The zero-order valence-corrected chi connectivity index (χ0v) is 16.8. The standard InChI is InChI=1S/C19H17BrN4OS/c1-3-25-16-9-17(26-18(16)10-21)15-8-19(23-11-22-15)24-12(2)13-4-6-14(20)7-5-13/h4-9,11-12H,3H2,1-2H3,(H,22,23,24). The van der Waals surface area contributed by atoms with Gasteiger partial charge in [-0.25, -0.2) is 9.97 Å². The maximum atomic E-state index is 9.26. The van der Waals surface area contributed by atoms with E-state index in [1.54, 1.807) is 0 Å². The van der Waals surface area contributed by atoms with Crippen molar-refractivity contribution < 1.29 is 4.74 Å². The number of nitrogens with one attached hydrogen (secondary N) is 1. The van der Waals surface area contributed by atoms with Crippen molar-refractivity contribution in [2.75, 3.05) is 11.9 Å². The van der Waals surface area contributed by atoms with E-state index in [2.05, 4.69) is 56.3 Å². The van der Waals surface area contributed by atoms with E-state index in [4.69, 9.17) is 4.74 Å². The maximum Gasteiger partial charge on any atom is 0.148 e. The second-order valence-corrected chi connectivity index (χ2v) is 7.52. The van der Waals surface area contributed by atoms with Crippen LogP contribution < -0.4 is 10.1 Å². The predicted molar refractivity (Wildman–Crippen MR) is 107 cm³/mol. The van der Waals surface area contributed by atoms with Crippen LogP contribution in [0.1, 0.15) is 30.3 Å². The van der Waals surface area contributed by atoms with Gasteiger partial charge in [0.05, 0.1) is 17.2 Å². The lowest BCUT2D eigenvalue weighted by molar-refractivity contribution is 0.341. The molecule has 1 atom stereocenters. The molecule has 0 saturated heterocycles. The highest BCUT2D eigenvalue weighted by molar-refractivity contribution is 9.10. The molecule has 2 aromatic heterocycles. The minimum atomic E-state index is 0.0999. The number of aromatic nitrogens is 2. The van der Waals surface area contributed by atoms with Crippen LogP contribution in [0.3, 0.4) is 0 Å². The Hall–Kier alpha value is -2.43. The van der Waals surface area contributed by atoms with Crippen molar-refractivity contribution in [3.05, 3.63) is 57.6 Å². The van der Waals surface area contributed by atoms with Crippen LogP contribution >= 0.6 is 27.3 Å². The second kappa shape index (κ2) is 8.30. The van der Waals surface area contributed by atoms with E-state index in [1.807, 2.05) is 31.2 Å². The van der Waals surface area contributed by atoms with E-state index >= 15 is 0 Å². The van der Waals surface area contributed by atoms with Gasteiger partial charge in [0.1, 0.15) is 28.8 Å². The molecule has 1 unspecified atom stereocenters. The molecule has 1 aromatic carbocycles. The number of nitrogens with zero attached hydrogens (tertiary/aromatic N) is 3. The lowest BCUT2D eigenvalue weighted by Crippen LogP contribution is -2.08. The normalized spacial score (nSPS) is 11.6. The van der Waals surface area contributed by atoms with Crippen LogP contribution in [0.5, 0.6) is 5.75 Å². The minimum Gasteiger partial charge on any atom is -0.492 e. The SMILES string of the molecule is CCOc1cc(-c2cc(NC(C)c3ccc(Br)cc3)ncn2)sc1C#N. The molecule has 3 aromatic rings. The van der Waals surface area contributed by atoms with Gasteiger partial charge in [-0.2, -0.15) is 5.26 Å². The highest BCUT2D eigenvalue weighted by atomic mass is 79.9. The minimum absolute atomic E-state index is 0.0999. The average Bonchev–Trinajstić information content (AvgIpc) is 3.06. The number of hydrogen-bond acceptors (Lipinski definition) is 6. The van der Waals surface area contributed by atoms with E-state index in [1.165, 1.54) is 17.7 Å². The van der Waals surface area contributed by atoms with Crippen LogP contribution in [0.15, 0.2) is 47.2 Å². The molecular formula is C19H17BrN4OS. The van der Waals surface area contributed by atoms with E-state index in [0.29, 0.717) is 17.2 Å². The zero-order chi connectivity index (χ0) is 18.5. The molecule has 3 rings (SSSR count). The van der Waals surface area contributed by atoms with E-state index in [0.717, 1.165) is 26.4 Å². The Labute approximate surface area is 164 Å². The fourth-order valence-electron chi connectivity index (χ4n) is 2.47. The Bertz CT molecular complexity index is 933. The van der Waals surface area contributed by atoms with Gasteiger partial charge in [-0.05, 0) is 31.5 Å². The molecule has 0 spiro atoms. The van der Waals surface area contributed by atoms with Gasteiger partial charge in [-0.3, -0.25) is 0 Å². The van der Waals surface area contributed by atoms with Gasteiger partial charge in [0.2, 0.25) is 0 Å². The molecule has 0 bridgehead atoms. The van der Waals surface area contributed by atoms with Crippen LogP contribution in [0.2, 0.25) is 0 Å². The van der Waals surface area contributed by atoms with Crippen LogP contribution in [0.4, 0.5) is 5.82 Å². The van der Waals surface area contributed by atoms with Gasteiger partial charge in [-0.15, -0.1) is 11.3 Å². The average molecular weight is 429 g/mol. The van der Waals surface area contributed by atoms with Gasteiger partial charge in [0, 0.05) is 22.6 Å². The maximum absolute atomic E-state index is 9.26. The molecule has 0 aliphatic carbocycles. The number of rotatable bonds is 6. The number of thiophene rings is 1. The molecule has 0 amide bonds. The lowest BCUT2D eigenvalue weighted by Gasteiger charge is -2.15. The molecule has 26 heavy (non-hydrogen) atoms. The Morgan fingerprint density at radius 3 is 2.73 bits per heavy atom. The molecule has 7 heteroatoms. The molecule has 0 aliphatic heterocycles. The molecule has 2 heterocycles. The molecule has 0 saturated carbocycles. The Balaban J connectivity index is 1.82. The summed E-state index contributed by atoms with van der Waals surface area (Å²) in [6.45, 7) is 4.50. The van der Waals surface area contributed by atoms with Crippen LogP contribution in [-0.2, 0) is 0 Å². The first-order valence-corrected chi connectivity index (χ1v) is 9.72. The van der Waals surface area contributed by atoms with Gasteiger partial charge in [-0.1, -0.05) is 28.1 Å². The summed E-state index contributed by atoms with van der Waals surface area (Å²) in [6.07, 6.45) is 1.53. The van der Waals surface area contributed by atoms with Gasteiger partial charge in [0.15, 0.2) is 0 Å². The van der Waals surface area contributed by atoms with Gasteiger partial charge >= 0.3 is 0 Å². The van der Waals surface area contributed by atoms with Crippen molar-refractivity contribution >= 4 is 33.1 Å². The summed E-state index contributed by atoms with van der Waals surface area (Å²) in [5.41, 5.74) is 1.92. The molecule has 0 aliphatic rings. The highest BCUT2D eigenvalue weighted by Gasteiger charge is 2.13.